The van der Waals surface area contributed by atoms with Crippen molar-refractivity contribution in [1.29, 1.82) is 0 Å². The van der Waals surface area contributed by atoms with E-state index in [0.717, 1.165) is 32.1 Å². The number of hydrogen-bond donors (Lipinski definition) is 3. The first-order valence-corrected chi connectivity index (χ1v) is 11.5. The third-order valence-electron chi connectivity index (χ3n) is 7.65. The standard InChI is InChI=1S/C26H40O4/c1-17-13-22(27)14-20(18(17)2)9-8-19-7-6-12-26(5)21(10-11-23(19)26)15-30-16-24(28)25(3,4)29/h8-10,17,22-24,27-29H,2,6-7,11-16H2,1,3-5H3/b19-8+,20-9-. The van der Waals surface area contributed by atoms with E-state index >= 15 is 0 Å². The number of hydrogen-bond acceptors (Lipinski definition) is 4. The number of rotatable bonds is 6. The molecule has 0 spiro atoms. The van der Waals surface area contributed by atoms with Crippen LogP contribution in [-0.4, -0.2) is 46.3 Å². The van der Waals surface area contributed by atoms with Gasteiger partial charge in [0.25, 0.3) is 0 Å². The van der Waals surface area contributed by atoms with Crippen LogP contribution in [0.15, 0.2) is 47.1 Å². The van der Waals surface area contributed by atoms with Crippen molar-refractivity contribution >= 4 is 0 Å². The van der Waals surface area contributed by atoms with E-state index in [2.05, 4.69) is 38.7 Å². The molecule has 5 atom stereocenters. The van der Waals surface area contributed by atoms with Gasteiger partial charge in [0.15, 0.2) is 0 Å². The largest absolute Gasteiger partial charge is 0.393 e. The van der Waals surface area contributed by atoms with Crippen LogP contribution in [0.4, 0.5) is 0 Å². The van der Waals surface area contributed by atoms with Gasteiger partial charge < -0.3 is 20.1 Å². The van der Waals surface area contributed by atoms with Crippen LogP contribution < -0.4 is 0 Å². The summed E-state index contributed by atoms with van der Waals surface area (Å²) < 4.78 is 5.80. The highest BCUT2D eigenvalue weighted by Crippen LogP contribution is 2.54. The third kappa shape index (κ3) is 4.99. The Bertz CT molecular complexity index is 739. The molecule has 0 saturated heterocycles. The maximum atomic E-state index is 10.1. The van der Waals surface area contributed by atoms with E-state index in [4.69, 9.17) is 4.74 Å². The van der Waals surface area contributed by atoms with Crippen LogP contribution in [0.1, 0.15) is 66.2 Å². The monoisotopic (exact) mass is 416 g/mol. The molecule has 0 aromatic heterocycles. The van der Waals surface area contributed by atoms with Gasteiger partial charge in [-0.15, -0.1) is 0 Å². The highest BCUT2D eigenvalue weighted by Gasteiger charge is 2.44. The van der Waals surface area contributed by atoms with Gasteiger partial charge in [0.05, 0.1) is 24.9 Å². The Morgan fingerprint density at radius 1 is 1.37 bits per heavy atom. The molecular formula is C26H40O4. The van der Waals surface area contributed by atoms with Crippen LogP contribution in [0.3, 0.4) is 0 Å². The zero-order valence-electron chi connectivity index (χ0n) is 19.2. The smallest absolute Gasteiger partial charge is 0.105 e. The van der Waals surface area contributed by atoms with Crippen LogP contribution in [0.5, 0.6) is 0 Å². The lowest BCUT2D eigenvalue weighted by Gasteiger charge is -2.41. The Labute approximate surface area is 182 Å². The molecule has 0 radical (unpaired) electrons. The molecule has 3 aliphatic rings. The van der Waals surface area contributed by atoms with Crippen molar-refractivity contribution in [3.8, 4) is 0 Å². The van der Waals surface area contributed by atoms with Gasteiger partial charge in [-0.1, -0.05) is 44.2 Å². The van der Waals surface area contributed by atoms with E-state index in [1.54, 1.807) is 13.8 Å². The maximum Gasteiger partial charge on any atom is 0.105 e. The van der Waals surface area contributed by atoms with Crippen molar-refractivity contribution in [3.05, 3.63) is 47.1 Å². The van der Waals surface area contributed by atoms with Crippen molar-refractivity contribution in [3.63, 3.8) is 0 Å². The molecule has 0 amide bonds. The minimum atomic E-state index is -1.15. The Balaban J connectivity index is 1.67. The first-order chi connectivity index (χ1) is 14.0. The fourth-order valence-corrected chi connectivity index (χ4v) is 5.33. The van der Waals surface area contributed by atoms with Gasteiger partial charge in [-0.2, -0.15) is 0 Å². The Kier molecular flexibility index (Phi) is 7.13. The molecule has 0 aromatic rings. The normalized spacial score (nSPS) is 36.2. The third-order valence-corrected chi connectivity index (χ3v) is 7.65. The van der Waals surface area contributed by atoms with Gasteiger partial charge in [-0.25, -0.2) is 0 Å². The second-order valence-corrected chi connectivity index (χ2v) is 10.4. The van der Waals surface area contributed by atoms with Crippen LogP contribution in [0.2, 0.25) is 0 Å². The summed E-state index contributed by atoms with van der Waals surface area (Å²) in [5, 5.41) is 30.0. The minimum Gasteiger partial charge on any atom is -0.393 e. The van der Waals surface area contributed by atoms with Crippen LogP contribution in [0.25, 0.3) is 0 Å². The summed E-state index contributed by atoms with van der Waals surface area (Å²) in [6.07, 6.45) is 11.6. The topological polar surface area (TPSA) is 69.9 Å². The van der Waals surface area contributed by atoms with E-state index in [1.807, 2.05) is 0 Å². The summed E-state index contributed by atoms with van der Waals surface area (Å²) in [4.78, 5) is 0. The predicted molar refractivity (Wildman–Crippen MR) is 121 cm³/mol. The minimum absolute atomic E-state index is 0.0959. The first kappa shape index (κ1) is 23.5. The SMILES string of the molecule is C=C1/C(=C\C=C2/CCCC3(C)C(COCC(O)C(C)(C)O)=CCC23)CC(O)CC1C. The van der Waals surface area contributed by atoms with Crippen molar-refractivity contribution in [2.75, 3.05) is 13.2 Å². The molecule has 2 saturated carbocycles. The molecule has 3 aliphatic carbocycles. The Hall–Kier alpha value is -1.20. The molecule has 4 heteroatoms. The molecule has 3 rings (SSSR count). The summed E-state index contributed by atoms with van der Waals surface area (Å²) in [5.74, 6) is 0.825. The fourth-order valence-electron chi connectivity index (χ4n) is 5.33. The summed E-state index contributed by atoms with van der Waals surface area (Å²) >= 11 is 0. The Morgan fingerprint density at radius 2 is 2.10 bits per heavy atom. The summed E-state index contributed by atoms with van der Waals surface area (Å²) in [5.41, 5.74) is 4.10. The van der Waals surface area contributed by atoms with Crippen molar-refractivity contribution in [1.82, 2.24) is 0 Å². The van der Waals surface area contributed by atoms with Gasteiger partial charge >= 0.3 is 0 Å². The molecule has 3 N–H and O–H groups in total. The molecular weight excluding hydrogens is 376 g/mol. The first-order valence-electron chi connectivity index (χ1n) is 11.5. The summed E-state index contributed by atoms with van der Waals surface area (Å²) in [6.45, 7) is 12.6. The fraction of sp³-hybridized carbons (Fsp3) is 0.692. The predicted octanol–water partition coefficient (Wildman–Crippen LogP) is 4.47. The molecule has 4 nitrogen and oxygen atoms in total. The van der Waals surface area contributed by atoms with Crippen molar-refractivity contribution in [2.24, 2.45) is 17.3 Å². The molecule has 2 fully saturated rings. The lowest BCUT2D eigenvalue weighted by molar-refractivity contribution is -0.0841. The number of aliphatic hydroxyl groups is 3. The molecule has 168 valence electrons. The van der Waals surface area contributed by atoms with Crippen LogP contribution in [0, 0.1) is 17.3 Å². The molecule has 5 unspecified atom stereocenters. The second-order valence-electron chi connectivity index (χ2n) is 10.4. The van der Waals surface area contributed by atoms with Crippen LogP contribution >= 0.6 is 0 Å². The van der Waals surface area contributed by atoms with Gasteiger partial charge in [0.1, 0.15) is 6.10 Å². The van der Waals surface area contributed by atoms with Gasteiger partial charge in [-0.05, 0) is 86.3 Å². The van der Waals surface area contributed by atoms with E-state index in [-0.39, 0.29) is 18.1 Å². The molecule has 30 heavy (non-hydrogen) atoms. The van der Waals surface area contributed by atoms with Gasteiger partial charge in [-0.3, -0.25) is 0 Å². The number of allylic oxidation sites excluding steroid dienone is 5. The maximum absolute atomic E-state index is 10.1. The van der Waals surface area contributed by atoms with E-state index in [0.29, 0.717) is 24.9 Å². The highest BCUT2D eigenvalue weighted by atomic mass is 16.5. The average molecular weight is 417 g/mol. The number of aliphatic hydroxyl groups excluding tert-OH is 2. The quantitative estimate of drug-likeness (QED) is 0.559. The molecule has 0 heterocycles. The van der Waals surface area contributed by atoms with Gasteiger partial charge in [0.2, 0.25) is 0 Å². The number of ether oxygens (including phenoxy) is 1. The lowest BCUT2D eigenvalue weighted by atomic mass is 9.64. The van der Waals surface area contributed by atoms with E-state index in [1.165, 1.54) is 22.3 Å². The zero-order valence-corrected chi connectivity index (χ0v) is 19.2. The summed E-state index contributed by atoms with van der Waals surface area (Å²) in [6, 6.07) is 0. The molecule has 0 bridgehead atoms. The Morgan fingerprint density at radius 3 is 2.80 bits per heavy atom. The summed E-state index contributed by atoms with van der Waals surface area (Å²) in [7, 11) is 0. The van der Waals surface area contributed by atoms with Crippen molar-refractivity contribution < 1.29 is 20.1 Å². The highest BCUT2D eigenvalue weighted by molar-refractivity contribution is 5.39. The lowest BCUT2D eigenvalue weighted by Crippen LogP contribution is -2.39. The number of fused-ring (bicyclic) bond motifs is 1. The second kappa shape index (κ2) is 9.12. The van der Waals surface area contributed by atoms with E-state index in [9.17, 15) is 15.3 Å². The molecule has 0 aromatic carbocycles. The van der Waals surface area contributed by atoms with Crippen LogP contribution in [-0.2, 0) is 4.74 Å². The average Bonchev–Trinajstić information content (AvgIpc) is 2.99. The molecule has 0 aliphatic heterocycles. The van der Waals surface area contributed by atoms with Gasteiger partial charge in [0, 0.05) is 0 Å². The van der Waals surface area contributed by atoms with Crippen molar-refractivity contribution in [2.45, 2.75) is 84.0 Å². The van der Waals surface area contributed by atoms with E-state index < -0.39 is 11.7 Å². The zero-order chi connectivity index (χ0) is 22.1.